The van der Waals surface area contributed by atoms with Gasteiger partial charge in [-0.25, -0.2) is 19.0 Å². The van der Waals surface area contributed by atoms with Gasteiger partial charge in [0.1, 0.15) is 11.4 Å². The summed E-state index contributed by atoms with van der Waals surface area (Å²) < 4.78 is 22.1. The topological polar surface area (TPSA) is 140 Å². The first kappa shape index (κ1) is 26.0. The molecule has 0 bridgehead atoms. The Bertz CT molecular complexity index is 1460. The van der Waals surface area contributed by atoms with E-state index >= 15 is 0 Å². The zero-order valence-electron chi connectivity index (χ0n) is 21.6. The number of benzene rings is 1. The lowest BCUT2D eigenvalue weighted by atomic mass is 9.87. The number of aromatic nitrogens is 6. The Morgan fingerprint density at radius 1 is 1.18 bits per heavy atom. The van der Waals surface area contributed by atoms with E-state index in [0.29, 0.717) is 41.4 Å². The van der Waals surface area contributed by atoms with Crippen molar-refractivity contribution in [2.45, 2.75) is 45.3 Å². The summed E-state index contributed by atoms with van der Waals surface area (Å²) in [6.45, 7) is 2.12. The fourth-order valence-corrected chi connectivity index (χ4v) is 4.60. The highest BCUT2D eigenvalue weighted by atomic mass is 19.1. The second kappa shape index (κ2) is 11.4. The molecule has 0 spiro atoms. The highest BCUT2D eigenvalue weighted by Gasteiger charge is 2.28. The fraction of sp³-hybridized carbons (Fsp3) is 0.333. The van der Waals surface area contributed by atoms with E-state index in [-0.39, 0.29) is 30.3 Å². The summed E-state index contributed by atoms with van der Waals surface area (Å²) in [5.74, 6) is -0.796. The number of aliphatic carboxylic acids is 1. The van der Waals surface area contributed by atoms with Gasteiger partial charge in [0.2, 0.25) is 5.95 Å². The molecule has 3 heterocycles. The van der Waals surface area contributed by atoms with E-state index in [9.17, 15) is 14.3 Å². The minimum absolute atomic E-state index is 0.0579. The molecule has 4 aromatic rings. The van der Waals surface area contributed by atoms with Gasteiger partial charge in [-0.2, -0.15) is 4.98 Å². The lowest BCUT2D eigenvalue weighted by Gasteiger charge is -2.27. The van der Waals surface area contributed by atoms with E-state index in [0.717, 1.165) is 24.7 Å². The number of ether oxygens (including phenoxy) is 1. The summed E-state index contributed by atoms with van der Waals surface area (Å²) >= 11 is 0. The van der Waals surface area contributed by atoms with Crippen molar-refractivity contribution in [3.8, 4) is 17.1 Å². The Labute approximate surface area is 224 Å². The van der Waals surface area contributed by atoms with Gasteiger partial charge in [-0.15, -0.1) is 5.10 Å². The summed E-state index contributed by atoms with van der Waals surface area (Å²) in [6, 6.07) is 12.8. The first-order chi connectivity index (χ1) is 18.9. The summed E-state index contributed by atoms with van der Waals surface area (Å²) in [5.41, 5.74) is 3.31. The Hall–Kier alpha value is -4.61. The molecule has 1 aliphatic carbocycles. The van der Waals surface area contributed by atoms with E-state index in [1.54, 1.807) is 11.7 Å². The first-order valence-electron chi connectivity index (χ1n) is 12.7. The number of nitrogens with zero attached hydrogens (tertiary/aromatic N) is 6. The minimum Gasteiger partial charge on any atom is -0.489 e. The van der Waals surface area contributed by atoms with Crippen molar-refractivity contribution in [3.05, 3.63) is 65.9 Å². The van der Waals surface area contributed by atoms with E-state index in [2.05, 4.69) is 35.9 Å². The molecule has 2 atom stereocenters. The summed E-state index contributed by atoms with van der Waals surface area (Å²) in [4.78, 5) is 24.4. The maximum absolute atomic E-state index is 14.3. The van der Waals surface area contributed by atoms with Crippen molar-refractivity contribution in [1.82, 2.24) is 29.9 Å². The maximum atomic E-state index is 14.3. The molecule has 0 aliphatic heterocycles. The van der Waals surface area contributed by atoms with Crippen LogP contribution in [0.25, 0.3) is 11.4 Å². The van der Waals surface area contributed by atoms with Gasteiger partial charge in [-0.1, -0.05) is 23.4 Å². The van der Waals surface area contributed by atoms with Crippen LogP contribution in [0.4, 0.5) is 21.8 Å². The maximum Gasteiger partial charge on any atom is 0.306 e. The molecule has 11 nitrogen and oxygen atoms in total. The van der Waals surface area contributed by atoms with Crippen LogP contribution in [0.2, 0.25) is 0 Å². The van der Waals surface area contributed by atoms with Gasteiger partial charge in [0.25, 0.3) is 0 Å². The highest BCUT2D eigenvalue weighted by molar-refractivity contribution is 5.70. The third-order valence-electron chi connectivity index (χ3n) is 6.69. The van der Waals surface area contributed by atoms with Crippen LogP contribution in [0.1, 0.15) is 37.1 Å². The van der Waals surface area contributed by atoms with Crippen LogP contribution in [0.3, 0.4) is 0 Å². The normalized spacial score (nSPS) is 17.0. The number of carbonyl (C=O) groups is 1. The van der Waals surface area contributed by atoms with Gasteiger partial charge in [0, 0.05) is 12.7 Å². The molecule has 1 saturated carbocycles. The number of para-hydroxylation sites is 1. The van der Waals surface area contributed by atoms with Crippen LogP contribution in [0.15, 0.2) is 48.7 Å². The number of halogens is 1. The second-order valence-electron chi connectivity index (χ2n) is 9.46. The summed E-state index contributed by atoms with van der Waals surface area (Å²) in [5, 5.41) is 23.9. The number of nitrogens with one attached hydrogen (secondary N) is 2. The Morgan fingerprint density at radius 3 is 2.77 bits per heavy atom. The first-order valence-corrected chi connectivity index (χ1v) is 12.7. The number of rotatable bonds is 9. The largest absolute Gasteiger partial charge is 0.489 e. The molecule has 1 aliphatic rings. The molecule has 1 fully saturated rings. The predicted molar refractivity (Wildman–Crippen MR) is 142 cm³/mol. The van der Waals surface area contributed by atoms with Gasteiger partial charge in [0.05, 0.1) is 41.8 Å². The number of aryl methyl sites for hydroxylation is 2. The zero-order chi connectivity index (χ0) is 27.4. The van der Waals surface area contributed by atoms with Gasteiger partial charge in [0.15, 0.2) is 11.6 Å². The molecule has 0 saturated heterocycles. The van der Waals surface area contributed by atoms with Crippen molar-refractivity contribution in [3.63, 3.8) is 0 Å². The van der Waals surface area contributed by atoms with E-state index in [1.807, 2.05) is 49.4 Å². The Balaban J connectivity index is 1.29. The van der Waals surface area contributed by atoms with Crippen LogP contribution in [0.5, 0.6) is 5.75 Å². The molecule has 5 rings (SSSR count). The highest BCUT2D eigenvalue weighted by Crippen LogP contribution is 2.30. The smallest absolute Gasteiger partial charge is 0.306 e. The van der Waals surface area contributed by atoms with Crippen LogP contribution in [0, 0.1) is 18.7 Å². The van der Waals surface area contributed by atoms with Crippen LogP contribution in [-0.4, -0.2) is 47.1 Å². The molecule has 12 heteroatoms. The van der Waals surface area contributed by atoms with Gasteiger partial charge in [-0.05, 0) is 56.9 Å². The molecule has 0 radical (unpaired) electrons. The lowest BCUT2D eigenvalue weighted by molar-refractivity contribution is -0.143. The van der Waals surface area contributed by atoms with Crippen molar-refractivity contribution >= 4 is 23.4 Å². The quantitative estimate of drug-likeness (QED) is 0.282. The number of hydrogen-bond donors (Lipinski definition) is 3. The molecule has 3 aromatic heterocycles. The van der Waals surface area contributed by atoms with E-state index in [1.165, 1.54) is 0 Å². The third-order valence-corrected chi connectivity index (χ3v) is 6.69. The van der Waals surface area contributed by atoms with Crippen molar-refractivity contribution in [2.75, 3.05) is 10.6 Å². The molecule has 0 amide bonds. The predicted octanol–water partition coefficient (Wildman–Crippen LogP) is 4.49. The second-order valence-corrected chi connectivity index (χ2v) is 9.46. The average Bonchev–Trinajstić information content (AvgIpc) is 3.31. The van der Waals surface area contributed by atoms with Crippen LogP contribution < -0.4 is 15.4 Å². The molecule has 1 aromatic carbocycles. The molecule has 202 valence electrons. The number of carboxylic acids is 1. The molecule has 39 heavy (non-hydrogen) atoms. The SMILES string of the molecule is Cc1nc(-c2nnn(C)c2CNc2ncc(F)c(Nc3ccccc3)n2)ccc1O[C@H]1CCC[C@H](C(=O)O)C1. The lowest BCUT2D eigenvalue weighted by Crippen LogP contribution is -2.29. The van der Waals surface area contributed by atoms with Gasteiger partial charge < -0.3 is 20.5 Å². The molecular formula is C27H29FN8O3. The summed E-state index contributed by atoms with van der Waals surface area (Å²) in [7, 11) is 1.77. The Morgan fingerprint density at radius 2 is 2.00 bits per heavy atom. The monoisotopic (exact) mass is 532 g/mol. The number of hydrogen-bond acceptors (Lipinski definition) is 9. The minimum atomic E-state index is -0.771. The number of carboxylic acid groups (broad SMARTS) is 1. The van der Waals surface area contributed by atoms with Gasteiger partial charge in [-0.3, -0.25) is 4.79 Å². The third kappa shape index (κ3) is 6.11. The standard InChI is InChI=1S/C27H29FN8O3/c1-16-23(39-19-10-6-7-17(13-19)26(37)38)12-11-21(31-16)24-22(36(2)35-34-24)15-30-27-29-14-20(28)25(33-27)32-18-8-4-3-5-9-18/h3-5,8-9,11-12,14,17,19H,6-7,10,13,15H2,1-2H3,(H,37,38)(H2,29,30,32,33)/t17-,19-/m0/s1. The summed E-state index contributed by atoms with van der Waals surface area (Å²) in [6.07, 6.45) is 3.77. The van der Waals surface area contributed by atoms with Crippen molar-refractivity contribution in [1.29, 1.82) is 0 Å². The van der Waals surface area contributed by atoms with Gasteiger partial charge >= 0.3 is 5.97 Å². The molecule has 0 unspecified atom stereocenters. The molecular weight excluding hydrogens is 503 g/mol. The van der Waals surface area contributed by atoms with Crippen LogP contribution >= 0.6 is 0 Å². The fourth-order valence-electron chi connectivity index (χ4n) is 4.60. The number of pyridine rings is 1. The zero-order valence-corrected chi connectivity index (χ0v) is 21.6. The van der Waals surface area contributed by atoms with E-state index in [4.69, 9.17) is 4.74 Å². The van der Waals surface area contributed by atoms with Crippen LogP contribution in [-0.2, 0) is 18.4 Å². The molecule has 3 N–H and O–H groups in total. The number of anilines is 3. The average molecular weight is 533 g/mol. The van der Waals surface area contributed by atoms with Crippen molar-refractivity contribution < 1.29 is 19.0 Å². The van der Waals surface area contributed by atoms with E-state index < -0.39 is 11.8 Å². The Kier molecular flexibility index (Phi) is 7.62. The van der Waals surface area contributed by atoms with Crippen molar-refractivity contribution in [2.24, 2.45) is 13.0 Å².